The second kappa shape index (κ2) is 6.26. The highest BCUT2D eigenvalue weighted by atomic mass is 35.5. The first-order chi connectivity index (χ1) is 11.0. The summed E-state index contributed by atoms with van der Waals surface area (Å²) in [6.07, 6.45) is 1.88. The number of hydrogen-bond acceptors (Lipinski definition) is 2. The standard InChI is InChI=1S/C18H15Cl2NO2/c1-10-3-5-14-12(9-23-18(14)11(10)2)7-17(22)21-13-4-6-15(19)16(20)8-13/h3-6,8-9H,7H2,1-2H3,(H,21,22). The largest absolute Gasteiger partial charge is 0.464 e. The van der Waals surface area contributed by atoms with Crippen LogP contribution in [0.2, 0.25) is 10.0 Å². The Balaban J connectivity index is 1.80. The number of aryl methyl sites for hydroxylation is 2. The summed E-state index contributed by atoms with van der Waals surface area (Å²) in [6.45, 7) is 4.05. The minimum absolute atomic E-state index is 0.135. The average molecular weight is 348 g/mol. The molecule has 1 N–H and O–H groups in total. The van der Waals surface area contributed by atoms with Gasteiger partial charge in [0, 0.05) is 16.6 Å². The summed E-state index contributed by atoms with van der Waals surface area (Å²) >= 11 is 11.8. The predicted octanol–water partition coefficient (Wildman–Crippen LogP) is 5.54. The Morgan fingerprint density at radius 3 is 2.65 bits per heavy atom. The van der Waals surface area contributed by atoms with Crippen LogP contribution in [0.4, 0.5) is 5.69 Å². The Bertz CT molecular complexity index is 899. The fraction of sp³-hybridized carbons (Fsp3) is 0.167. The molecule has 0 aliphatic carbocycles. The lowest BCUT2D eigenvalue weighted by atomic mass is 10.0. The molecule has 0 saturated carbocycles. The molecule has 118 valence electrons. The van der Waals surface area contributed by atoms with Crippen molar-refractivity contribution in [3.05, 3.63) is 63.3 Å². The van der Waals surface area contributed by atoms with E-state index in [4.69, 9.17) is 27.6 Å². The van der Waals surface area contributed by atoms with Crippen LogP contribution in [0.25, 0.3) is 11.0 Å². The third-order valence-electron chi connectivity index (χ3n) is 3.90. The van der Waals surface area contributed by atoms with Crippen LogP contribution in [0.15, 0.2) is 41.0 Å². The van der Waals surface area contributed by atoms with Crippen LogP contribution in [0.1, 0.15) is 16.7 Å². The van der Waals surface area contributed by atoms with Crippen LogP contribution in [-0.4, -0.2) is 5.91 Å². The summed E-state index contributed by atoms with van der Waals surface area (Å²) in [5.74, 6) is -0.135. The van der Waals surface area contributed by atoms with Gasteiger partial charge in [0.2, 0.25) is 5.91 Å². The van der Waals surface area contributed by atoms with Gasteiger partial charge < -0.3 is 9.73 Å². The number of furan rings is 1. The molecular formula is C18H15Cl2NO2. The number of nitrogens with one attached hydrogen (secondary N) is 1. The topological polar surface area (TPSA) is 42.2 Å². The first kappa shape index (κ1) is 15.9. The van der Waals surface area contributed by atoms with Crippen molar-refractivity contribution in [1.82, 2.24) is 0 Å². The molecule has 0 bridgehead atoms. The van der Waals surface area contributed by atoms with Crippen LogP contribution in [0.5, 0.6) is 0 Å². The van der Waals surface area contributed by atoms with Gasteiger partial charge in [0.1, 0.15) is 5.58 Å². The van der Waals surface area contributed by atoms with E-state index in [0.29, 0.717) is 15.7 Å². The Morgan fingerprint density at radius 1 is 1.13 bits per heavy atom. The summed E-state index contributed by atoms with van der Waals surface area (Å²) in [5.41, 5.74) is 4.57. The van der Waals surface area contributed by atoms with Crippen molar-refractivity contribution in [3.8, 4) is 0 Å². The summed E-state index contributed by atoms with van der Waals surface area (Å²) in [5, 5.41) is 4.65. The second-order valence-corrected chi connectivity index (χ2v) is 6.31. The molecule has 2 aromatic carbocycles. The lowest BCUT2D eigenvalue weighted by molar-refractivity contribution is -0.115. The highest BCUT2D eigenvalue weighted by molar-refractivity contribution is 6.42. The second-order valence-electron chi connectivity index (χ2n) is 5.50. The van der Waals surface area contributed by atoms with Crippen LogP contribution in [0.3, 0.4) is 0 Å². The van der Waals surface area contributed by atoms with Crippen molar-refractivity contribution in [2.24, 2.45) is 0 Å². The van der Waals surface area contributed by atoms with E-state index >= 15 is 0 Å². The fourth-order valence-electron chi connectivity index (χ4n) is 2.48. The zero-order chi connectivity index (χ0) is 16.6. The van der Waals surface area contributed by atoms with Gasteiger partial charge in [0.05, 0.1) is 22.7 Å². The first-order valence-corrected chi connectivity index (χ1v) is 7.92. The Hall–Kier alpha value is -1.97. The van der Waals surface area contributed by atoms with Gasteiger partial charge in [0.15, 0.2) is 0 Å². The lowest BCUT2D eigenvalue weighted by Gasteiger charge is -2.06. The van der Waals surface area contributed by atoms with E-state index in [0.717, 1.165) is 22.1 Å². The van der Waals surface area contributed by atoms with Crippen molar-refractivity contribution in [2.45, 2.75) is 20.3 Å². The molecule has 0 spiro atoms. The molecule has 0 atom stereocenters. The SMILES string of the molecule is Cc1ccc2c(CC(=O)Nc3ccc(Cl)c(Cl)c3)coc2c1C. The summed E-state index contributed by atoms with van der Waals surface area (Å²) in [6, 6.07) is 9.02. The zero-order valence-electron chi connectivity index (χ0n) is 12.7. The first-order valence-electron chi connectivity index (χ1n) is 7.17. The van der Waals surface area contributed by atoms with E-state index in [1.807, 2.05) is 26.0 Å². The van der Waals surface area contributed by atoms with Gasteiger partial charge in [-0.2, -0.15) is 0 Å². The molecule has 1 heterocycles. The van der Waals surface area contributed by atoms with Crippen molar-refractivity contribution in [2.75, 3.05) is 5.32 Å². The lowest BCUT2D eigenvalue weighted by Crippen LogP contribution is -2.14. The van der Waals surface area contributed by atoms with Gasteiger partial charge in [0.25, 0.3) is 0 Å². The van der Waals surface area contributed by atoms with E-state index in [9.17, 15) is 4.79 Å². The zero-order valence-corrected chi connectivity index (χ0v) is 14.3. The summed E-state index contributed by atoms with van der Waals surface area (Å²) < 4.78 is 5.63. The molecular weight excluding hydrogens is 333 g/mol. The number of carbonyl (C=O) groups excluding carboxylic acids is 1. The summed E-state index contributed by atoms with van der Waals surface area (Å²) in [4.78, 5) is 12.2. The maximum atomic E-state index is 12.2. The number of hydrogen-bond donors (Lipinski definition) is 1. The molecule has 3 nitrogen and oxygen atoms in total. The smallest absolute Gasteiger partial charge is 0.228 e. The van der Waals surface area contributed by atoms with E-state index in [1.165, 1.54) is 5.56 Å². The molecule has 0 aliphatic heterocycles. The third kappa shape index (κ3) is 3.21. The fourth-order valence-corrected chi connectivity index (χ4v) is 2.78. The monoisotopic (exact) mass is 347 g/mol. The normalized spacial score (nSPS) is 11.0. The number of anilines is 1. The van der Waals surface area contributed by atoms with Crippen molar-refractivity contribution in [3.63, 3.8) is 0 Å². The quantitative estimate of drug-likeness (QED) is 0.675. The maximum absolute atomic E-state index is 12.2. The Morgan fingerprint density at radius 2 is 1.91 bits per heavy atom. The number of fused-ring (bicyclic) bond motifs is 1. The molecule has 23 heavy (non-hydrogen) atoms. The number of rotatable bonds is 3. The molecule has 0 saturated heterocycles. The number of amides is 1. The number of halogens is 2. The van der Waals surface area contributed by atoms with Gasteiger partial charge in [-0.15, -0.1) is 0 Å². The van der Waals surface area contributed by atoms with E-state index < -0.39 is 0 Å². The van der Waals surface area contributed by atoms with E-state index in [2.05, 4.69) is 5.32 Å². The molecule has 0 aliphatic rings. The Kier molecular flexibility index (Phi) is 4.33. The molecule has 3 rings (SSSR count). The predicted molar refractivity (Wildman–Crippen MR) is 94.5 cm³/mol. The molecule has 0 radical (unpaired) electrons. The average Bonchev–Trinajstić information content (AvgIpc) is 2.90. The molecule has 1 amide bonds. The van der Waals surface area contributed by atoms with E-state index in [-0.39, 0.29) is 12.3 Å². The highest BCUT2D eigenvalue weighted by Crippen LogP contribution is 2.28. The minimum Gasteiger partial charge on any atom is -0.464 e. The van der Waals surface area contributed by atoms with Crippen LogP contribution < -0.4 is 5.32 Å². The Labute approximate surface area is 144 Å². The maximum Gasteiger partial charge on any atom is 0.228 e. The van der Waals surface area contributed by atoms with Crippen molar-refractivity contribution >= 4 is 45.8 Å². The minimum atomic E-state index is -0.135. The van der Waals surface area contributed by atoms with Crippen LogP contribution >= 0.6 is 23.2 Å². The highest BCUT2D eigenvalue weighted by Gasteiger charge is 2.13. The van der Waals surface area contributed by atoms with Gasteiger partial charge in [-0.25, -0.2) is 0 Å². The van der Waals surface area contributed by atoms with Crippen LogP contribution in [0, 0.1) is 13.8 Å². The molecule has 5 heteroatoms. The molecule has 3 aromatic rings. The molecule has 0 fully saturated rings. The number of carbonyl (C=O) groups is 1. The van der Waals surface area contributed by atoms with Crippen molar-refractivity contribution in [1.29, 1.82) is 0 Å². The molecule has 0 unspecified atom stereocenters. The van der Waals surface area contributed by atoms with Gasteiger partial charge in [-0.1, -0.05) is 35.3 Å². The van der Waals surface area contributed by atoms with E-state index in [1.54, 1.807) is 24.5 Å². The third-order valence-corrected chi connectivity index (χ3v) is 4.64. The summed E-state index contributed by atoms with van der Waals surface area (Å²) in [7, 11) is 0. The van der Waals surface area contributed by atoms with Crippen molar-refractivity contribution < 1.29 is 9.21 Å². The van der Waals surface area contributed by atoms with Crippen LogP contribution in [-0.2, 0) is 11.2 Å². The number of benzene rings is 2. The van der Waals surface area contributed by atoms with Gasteiger partial charge >= 0.3 is 0 Å². The van der Waals surface area contributed by atoms with Gasteiger partial charge in [-0.05, 0) is 43.2 Å². The van der Waals surface area contributed by atoms with Gasteiger partial charge in [-0.3, -0.25) is 4.79 Å². The molecule has 1 aromatic heterocycles.